The number of benzene rings is 3. The number of hydrogen-bond acceptors (Lipinski definition) is 4. The van der Waals surface area contributed by atoms with Crippen molar-refractivity contribution in [2.75, 3.05) is 4.72 Å². The van der Waals surface area contributed by atoms with Crippen LogP contribution < -0.4 is 10.3 Å². The average molecular weight is 560 g/mol. The van der Waals surface area contributed by atoms with Gasteiger partial charge in [0.05, 0.1) is 21.8 Å². The Bertz CT molecular complexity index is 1540. The maximum atomic E-state index is 12.9. The molecule has 0 saturated heterocycles. The molecule has 4 aromatic rings. The number of rotatable bonds is 6. The Morgan fingerprint density at radius 2 is 1.71 bits per heavy atom. The highest BCUT2D eigenvalue weighted by atomic mass is 79.9. The standard InChI is InChI=1S/C24H20BrClN4O3S/c1-15-3-10-20(13-23(15)26)30-24(31)22(16(2)28-30)14-27-18-8-11-21(12-9-18)34(32,33)29-19-6-4-17(25)5-7-19/h3-14,28-29H,1-2H3. The number of aryl methyl sites for hydroxylation is 2. The summed E-state index contributed by atoms with van der Waals surface area (Å²) in [5.74, 6) is 0. The molecule has 0 aliphatic carbocycles. The van der Waals surface area contributed by atoms with Crippen LogP contribution in [0.3, 0.4) is 0 Å². The van der Waals surface area contributed by atoms with Gasteiger partial charge in [0, 0.05) is 27.1 Å². The van der Waals surface area contributed by atoms with Gasteiger partial charge in [0.2, 0.25) is 0 Å². The first-order chi connectivity index (χ1) is 16.1. The van der Waals surface area contributed by atoms with Gasteiger partial charge in [-0.2, -0.15) is 0 Å². The van der Waals surface area contributed by atoms with Crippen LogP contribution in [-0.2, 0) is 10.0 Å². The largest absolute Gasteiger partial charge is 0.295 e. The van der Waals surface area contributed by atoms with E-state index in [0.717, 1.165) is 10.0 Å². The molecule has 0 bridgehead atoms. The van der Waals surface area contributed by atoms with Gasteiger partial charge in [-0.15, -0.1) is 0 Å². The van der Waals surface area contributed by atoms with E-state index in [1.165, 1.54) is 23.0 Å². The highest BCUT2D eigenvalue weighted by Crippen LogP contribution is 2.22. The lowest BCUT2D eigenvalue weighted by Crippen LogP contribution is -2.17. The van der Waals surface area contributed by atoms with Crippen LogP contribution in [0.25, 0.3) is 5.69 Å². The highest BCUT2D eigenvalue weighted by Gasteiger charge is 2.14. The van der Waals surface area contributed by atoms with E-state index < -0.39 is 10.0 Å². The van der Waals surface area contributed by atoms with E-state index >= 15 is 0 Å². The maximum absolute atomic E-state index is 12.9. The minimum atomic E-state index is -3.74. The molecule has 0 spiro atoms. The number of nitrogens with zero attached hydrogens (tertiary/aromatic N) is 2. The zero-order valence-corrected chi connectivity index (χ0v) is 21.4. The lowest BCUT2D eigenvalue weighted by molar-refractivity contribution is 0.601. The van der Waals surface area contributed by atoms with Crippen LogP contribution in [0.2, 0.25) is 5.02 Å². The third-order valence-electron chi connectivity index (χ3n) is 5.12. The van der Waals surface area contributed by atoms with E-state index in [-0.39, 0.29) is 10.5 Å². The first-order valence-corrected chi connectivity index (χ1v) is 12.8. The SMILES string of the molecule is Cc1ccc(-n2[nH]c(C)c(C=Nc3ccc(S(=O)(=O)Nc4ccc(Br)cc4)cc3)c2=O)cc1Cl. The molecule has 0 saturated carbocycles. The van der Waals surface area contributed by atoms with Crippen LogP contribution in [0.1, 0.15) is 16.8 Å². The summed E-state index contributed by atoms with van der Waals surface area (Å²) in [6.45, 7) is 3.67. The van der Waals surface area contributed by atoms with Gasteiger partial charge in [0.15, 0.2) is 0 Å². The fourth-order valence-electron chi connectivity index (χ4n) is 3.20. The third-order valence-corrected chi connectivity index (χ3v) is 7.45. The maximum Gasteiger partial charge on any atom is 0.280 e. The smallest absolute Gasteiger partial charge is 0.280 e. The monoisotopic (exact) mass is 558 g/mol. The predicted molar refractivity (Wildman–Crippen MR) is 140 cm³/mol. The molecule has 4 rings (SSSR count). The number of nitrogens with one attached hydrogen (secondary N) is 2. The number of H-pyrrole nitrogens is 1. The summed E-state index contributed by atoms with van der Waals surface area (Å²) in [4.78, 5) is 17.3. The van der Waals surface area contributed by atoms with Crippen LogP contribution >= 0.6 is 27.5 Å². The van der Waals surface area contributed by atoms with Gasteiger partial charge in [0.1, 0.15) is 0 Å². The van der Waals surface area contributed by atoms with Crippen molar-refractivity contribution in [2.45, 2.75) is 18.7 Å². The number of aromatic amines is 1. The molecule has 174 valence electrons. The van der Waals surface area contributed by atoms with E-state index in [4.69, 9.17) is 11.6 Å². The zero-order chi connectivity index (χ0) is 24.5. The fourth-order valence-corrected chi connectivity index (χ4v) is 4.69. The molecule has 34 heavy (non-hydrogen) atoms. The molecule has 0 fully saturated rings. The van der Waals surface area contributed by atoms with Crippen molar-refractivity contribution in [2.24, 2.45) is 4.99 Å². The molecule has 0 aliphatic rings. The molecule has 2 N–H and O–H groups in total. The fraction of sp³-hybridized carbons (Fsp3) is 0.0833. The Balaban J connectivity index is 1.54. The molecular formula is C24H20BrClN4O3S. The van der Waals surface area contributed by atoms with Gasteiger partial charge in [-0.1, -0.05) is 33.6 Å². The van der Waals surface area contributed by atoms with Crippen LogP contribution in [0, 0.1) is 13.8 Å². The number of halogens is 2. The Morgan fingerprint density at radius 1 is 1.03 bits per heavy atom. The minimum Gasteiger partial charge on any atom is -0.295 e. The minimum absolute atomic E-state index is 0.103. The van der Waals surface area contributed by atoms with Crippen LogP contribution in [0.15, 0.2) is 85.9 Å². The van der Waals surface area contributed by atoms with Crippen molar-refractivity contribution in [1.29, 1.82) is 0 Å². The molecule has 1 aromatic heterocycles. The van der Waals surface area contributed by atoms with E-state index in [9.17, 15) is 13.2 Å². The molecule has 0 atom stereocenters. The van der Waals surface area contributed by atoms with Gasteiger partial charge in [-0.3, -0.25) is 19.6 Å². The quantitative estimate of drug-likeness (QED) is 0.294. The van der Waals surface area contributed by atoms with Crippen LogP contribution in [0.5, 0.6) is 0 Å². The summed E-state index contributed by atoms with van der Waals surface area (Å²) < 4.78 is 30.1. The van der Waals surface area contributed by atoms with Crippen LogP contribution in [-0.4, -0.2) is 24.4 Å². The summed E-state index contributed by atoms with van der Waals surface area (Å²) in [6, 6.07) is 18.3. The molecule has 3 aromatic carbocycles. The molecule has 10 heteroatoms. The summed E-state index contributed by atoms with van der Waals surface area (Å²) >= 11 is 9.51. The summed E-state index contributed by atoms with van der Waals surface area (Å²) in [6.07, 6.45) is 1.46. The number of sulfonamides is 1. The normalized spacial score (nSPS) is 11.8. The van der Waals surface area contributed by atoms with E-state index in [0.29, 0.717) is 33.3 Å². The molecule has 7 nitrogen and oxygen atoms in total. The second kappa shape index (κ2) is 9.61. The summed E-state index contributed by atoms with van der Waals surface area (Å²) in [5, 5.41) is 3.60. The van der Waals surface area contributed by atoms with E-state index in [1.54, 1.807) is 55.5 Å². The lowest BCUT2D eigenvalue weighted by Gasteiger charge is -2.08. The van der Waals surface area contributed by atoms with Crippen molar-refractivity contribution < 1.29 is 8.42 Å². The van der Waals surface area contributed by atoms with Gasteiger partial charge in [-0.25, -0.2) is 13.1 Å². The first-order valence-electron chi connectivity index (χ1n) is 10.1. The third kappa shape index (κ3) is 5.16. The Kier molecular flexibility index (Phi) is 6.79. The Morgan fingerprint density at radius 3 is 2.35 bits per heavy atom. The first kappa shape index (κ1) is 24.0. The summed E-state index contributed by atoms with van der Waals surface area (Å²) in [7, 11) is -3.74. The van der Waals surface area contributed by atoms with Crippen molar-refractivity contribution >= 4 is 55.1 Å². The molecule has 0 aliphatic heterocycles. The average Bonchev–Trinajstić information content (AvgIpc) is 3.09. The van der Waals surface area contributed by atoms with E-state index in [2.05, 4.69) is 30.7 Å². The van der Waals surface area contributed by atoms with Crippen LogP contribution in [0.4, 0.5) is 11.4 Å². The number of hydrogen-bond donors (Lipinski definition) is 2. The van der Waals surface area contributed by atoms with Crippen molar-refractivity contribution in [3.05, 3.63) is 103 Å². The molecule has 0 radical (unpaired) electrons. The molecule has 0 amide bonds. The van der Waals surface area contributed by atoms with Gasteiger partial charge in [-0.05, 0) is 80.1 Å². The summed E-state index contributed by atoms with van der Waals surface area (Å²) in [5.41, 5.74) is 3.27. The predicted octanol–water partition coefficient (Wildman–Crippen LogP) is 5.75. The Labute approximate surface area is 210 Å². The molecule has 1 heterocycles. The number of aromatic nitrogens is 2. The van der Waals surface area contributed by atoms with Gasteiger partial charge < -0.3 is 0 Å². The second-order valence-corrected chi connectivity index (χ2v) is 10.6. The molecular weight excluding hydrogens is 540 g/mol. The van der Waals surface area contributed by atoms with E-state index in [1.807, 2.05) is 13.0 Å². The number of aliphatic imine (C=N–C) groups is 1. The van der Waals surface area contributed by atoms with Crippen molar-refractivity contribution in [1.82, 2.24) is 9.78 Å². The van der Waals surface area contributed by atoms with Gasteiger partial charge in [0.25, 0.3) is 15.6 Å². The Hall–Kier alpha value is -3.14. The lowest BCUT2D eigenvalue weighted by atomic mass is 10.2. The molecule has 0 unspecified atom stereocenters. The zero-order valence-electron chi connectivity index (χ0n) is 18.2. The van der Waals surface area contributed by atoms with Crippen molar-refractivity contribution in [3.8, 4) is 5.69 Å². The van der Waals surface area contributed by atoms with Gasteiger partial charge >= 0.3 is 0 Å². The number of anilines is 1. The topological polar surface area (TPSA) is 96.3 Å². The highest BCUT2D eigenvalue weighted by molar-refractivity contribution is 9.10. The second-order valence-electron chi connectivity index (χ2n) is 7.59. The van der Waals surface area contributed by atoms with Crippen molar-refractivity contribution in [3.63, 3.8) is 0 Å².